The molecular weight excluding hydrogens is 302 g/mol. The third-order valence-electron chi connectivity index (χ3n) is 5.38. The molecule has 0 aromatic heterocycles. The van der Waals surface area contributed by atoms with Crippen LogP contribution in [0.2, 0.25) is 0 Å². The van der Waals surface area contributed by atoms with Gasteiger partial charge in [0.1, 0.15) is 0 Å². The van der Waals surface area contributed by atoms with Crippen LogP contribution in [0.25, 0.3) is 0 Å². The highest BCUT2D eigenvalue weighted by molar-refractivity contribution is 5.78. The van der Waals surface area contributed by atoms with Crippen LogP contribution in [0, 0.1) is 0 Å². The molecule has 5 heteroatoms. The first kappa shape index (κ1) is 17.0. The van der Waals surface area contributed by atoms with Crippen molar-refractivity contribution in [2.75, 3.05) is 39.8 Å². The Kier molecular flexibility index (Phi) is 5.19. The van der Waals surface area contributed by atoms with Gasteiger partial charge in [0.2, 0.25) is 11.8 Å². The minimum absolute atomic E-state index is 0.122. The molecule has 0 radical (unpaired) electrons. The summed E-state index contributed by atoms with van der Waals surface area (Å²) in [4.78, 5) is 30.1. The molecule has 0 saturated carbocycles. The first-order valence-electron chi connectivity index (χ1n) is 8.87. The molecule has 1 unspecified atom stereocenters. The molecular formula is C19H27N3O2. The van der Waals surface area contributed by atoms with E-state index in [4.69, 9.17) is 0 Å². The maximum Gasteiger partial charge on any atom is 0.237 e. The molecule has 1 atom stereocenters. The molecule has 1 aromatic carbocycles. The maximum absolute atomic E-state index is 12.7. The van der Waals surface area contributed by atoms with Crippen LogP contribution in [-0.4, -0.2) is 66.3 Å². The van der Waals surface area contributed by atoms with Crippen LogP contribution >= 0.6 is 0 Å². The number of likely N-dealkylation sites (N-methyl/N-ethyl adjacent to an activating group) is 1. The van der Waals surface area contributed by atoms with Gasteiger partial charge in [0.25, 0.3) is 0 Å². The van der Waals surface area contributed by atoms with Crippen molar-refractivity contribution in [1.29, 1.82) is 0 Å². The lowest BCUT2D eigenvalue weighted by Crippen LogP contribution is -2.51. The number of rotatable bonds is 3. The summed E-state index contributed by atoms with van der Waals surface area (Å²) in [5.74, 6) is 0.296. The fraction of sp³-hybridized carbons (Fsp3) is 0.579. The molecule has 1 heterocycles. The average molecular weight is 329 g/mol. The second-order valence-corrected chi connectivity index (χ2v) is 6.89. The summed E-state index contributed by atoms with van der Waals surface area (Å²) in [6.07, 6.45) is 3.29. The zero-order chi connectivity index (χ0) is 17.1. The van der Waals surface area contributed by atoms with E-state index in [-0.39, 0.29) is 17.9 Å². The Morgan fingerprint density at radius 2 is 1.88 bits per heavy atom. The quantitative estimate of drug-likeness (QED) is 0.847. The van der Waals surface area contributed by atoms with Crippen molar-refractivity contribution in [2.24, 2.45) is 0 Å². The number of hydrogen-bond donors (Lipinski definition) is 0. The summed E-state index contributed by atoms with van der Waals surface area (Å²) in [6.45, 7) is 5.05. The Labute approximate surface area is 144 Å². The van der Waals surface area contributed by atoms with Gasteiger partial charge in [-0.1, -0.05) is 24.3 Å². The number of nitrogens with zero attached hydrogens (tertiary/aromatic N) is 3. The molecule has 3 rings (SSSR count). The number of carbonyl (C=O) groups is 2. The summed E-state index contributed by atoms with van der Waals surface area (Å²) in [6, 6.07) is 8.68. The molecule has 24 heavy (non-hydrogen) atoms. The molecule has 1 aromatic rings. The van der Waals surface area contributed by atoms with Crippen molar-refractivity contribution in [1.82, 2.24) is 14.7 Å². The second kappa shape index (κ2) is 7.34. The van der Waals surface area contributed by atoms with E-state index in [0.29, 0.717) is 6.54 Å². The van der Waals surface area contributed by atoms with Crippen molar-refractivity contribution in [3.8, 4) is 0 Å². The van der Waals surface area contributed by atoms with Crippen LogP contribution in [0.15, 0.2) is 24.3 Å². The molecule has 0 bridgehead atoms. The van der Waals surface area contributed by atoms with Gasteiger partial charge in [0, 0.05) is 40.2 Å². The van der Waals surface area contributed by atoms with Gasteiger partial charge >= 0.3 is 0 Å². The molecule has 0 N–H and O–H groups in total. The minimum Gasteiger partial charge on any atom is -0.340 e. The largest absolute Gasteiger partial charge is 0.340 e. The molecule has 5 nitrogen and oxygen atoms in total. The number of amides is 2. The van der Waals surface area contributed by atoms with E-state index in [1.807, 2.05) is 16.8 Å². The topological polar surface area (TPSA) is 43.9 Å². The fourth-order valence-corrected chi connectivity index (χ4v) is 3.83. The molecule has 1 saturated heterocycles. The van der Waals surface area contributed by atoms with Gasteiger partial charge in [0.15, 0.2) is 0 Å². The summed E-state index contributed by atoms with van der Waals surface area (Å²) in [5.41, 5.74) is 2.68. The Morgan fingerprint density at radius 1 is 1.17 bits per heavy atom. The number of hydrogen-bond acceptors (Lipinski definition) is 3. The lowest BCUT2D eigenvalue weighted by molar-refractivity contribution is -0.135. The molecule has 130 valence electrons. The molecule has 2 aliphatic rings. The Morgan fingerprint density at radius 3 is 2.58 bits per heavy atom. The van der Waals surface area contributed by atoms with Crippen LogP contribution < -0.4 is 0 Å². The van der Waals surface area contributed by atoms with Crippen molar-refractivity contribution in [3.63, 3.8) is 0 Å². The van der Waals surface area contributed by atoms with Gasteiger partial charge in [-0.2, -0.15) is 0 Å². The number of benzene rings is 1. The van der Waals surface area contributed by atoms with E-state index in [1.165, 1.54) is 11.1 Å². The van der Waals surface area contributed by atoms with E-state index in [0.717, 1.165) is 45.4 Å². The number of carbonyl (C=O) groups excluding carboxylic acids is 2. The lowest BCUT2D eigenvalue weighted by atomic mass is 9.87. The highest BCUT2D eigenvalue weighted by atomic mass is 16.2. The van der Waals surface area contributed by atoms with Gasteiger partial charge in [0.05, 0.1) is 12.6 Å². The van der Waals surface area contributed by atoms with Crippen LogP contribution in [0.1, 0.15) is 36.9 Å². The summed E-state index contributed by atoms with van der Waals surface area (Å²) in [5, 5.41) is 0. The van der Waals surface area contributed by atoms with Gasteiger partial charge in [-0.05, 0) is 30.4 Å². The third kappa shape index (κ3) is 3.61. The first-order valence-corrected chi connectivity index (χ1v) is 8.87. The fourth-order valence-electron chi connectivity index (χ4n) is 3.83. The smallest absolute Gasteiger partial charge is 0.237 e. The van der Waals surface area contributed by atoms with Crippen LogP contribution in [-0.2, 0) is 16.0 Å². The van der Waals surface area contributed by atoms with Crippen LogP contribution in [0.5, 0.6) is 0 Å². The minimum atomic E-state index is 0.122. The van der Waals surface area contributed by atoms with E-state index in [9.17, 15) is 9.59 Å². The Hall–Kier alpha value is -1.88. The molecule has 1 fully saturated rings. The van der Waals surface area contributed by atoms with Crippen molar-refractivity contribution in [3.05, 3.63) is 35.4 Å². The second-order valence-electron chi connectivity index (χ2n) is 6.89. The van der Waals surface area contributed by atoms with Gasteiger partial charge in [-0.25, -0.2) is 0 Å². The summed E-state index contributed by atoms with van der Waals surface area (Å²) >= 11 is 0. The Bertz CT molecular complexity index is 608. The molecule has 1 aliphatic heterocycles. The summed E-state index contributed by atoms with van der Waals surface area (Å²) in [7, 11) is 1.93. The van der Waals surface area contributed by atoms with Crippen molar-refractivity contribution < 1.29 is 9.59 Å². The van der Waals surface area contributed by atoms with Crippen LogP contribution in [0.3, 0.4) is 0 Å². The number of aryl methyl sites for hydroxylation is 1. The normalized spacial score (nSPS) is 21.2. The van der Waals surface area contributed by atoms with E-state index in [1.54, 1.807) is 6.92 Å². The van der Waals surface area contributed by atoms with Gasteiger partial charge < -0.3 is 9.80 Å². The van der Waals surface area contributed by atoms with Crippen LogP contribution in [0.4, 0.5) is 0 Å². The number of piperazine rings is 1. The Balaban J connectivity index is 1.59. The first-order chi connectivity index (χ1) is 11.6. The van der Waals surface area contributed by atoms with E-state index < -0.39 is 0 Å². The lowest BCUT2D eigenvalue weighted by Gasteiger charge is -2.37. The highest BCUT2D eigenvalue weighted by Gasteiger charge is 2.28. The molecule has 0 spiro atoms. The number of fused-ring (bicyclic) bond motifs is 1. The molecule has 2 amide bonds. The zero-order valence-corrected chi connectivity index (χ0v) is 14.7. The van der Waals surface area contributed by atoms with E-state index >= 15 is 0 Å². The molecule has 1 aliphatic carbocycles. The highest BCUT2D eigenvalue weighted by Crippen LogP contribution is 2.33. The summed E-state index contributed by atoms with van der Waals surface area (Å²) < 4.78 is 0. The maximum atomic E-state index is 12.7. The van der Waals surface area contributed by atoms with Gasteiger partial charge in [-0.3, -0.25) is 14.5 Å². The standard InChI is InChI=1S/C19H27N3O2/c1-15(23)22-12-10-21(11-13-22)14-19(24)20(2)18-9-5-7-16-6-3-4-8-17(16)18/h3-4,6,8,18H,5,7,9-14H2,1-2H3. The predicted octanol–water partition coefficient (Wildman–Crippen LogP) is 1.69. The zero-order valence-electron chi connectivity index (χ0n) is 14.7. The van der Waals surface area contributed by atoms with Crippen molar-refractivity contribution >= 4 is 11.8 Å². The predicted molar refractivity (Wildman–Crippen MR) is 93.6 cm³/mol. The SMILES string of the molecule is CC(=O)N1CCN(CC(=O)N(C)C2CCCc3ccccc32)CC1. The van der Waals surface area contributed by atoms with Gasteiger partial charge in [-0.15, -0.1) is 0 Å². The van der Waals surface area contributed by atoms with Crippen molar-refractivity contribution in [2.45, 2.75) is 32.2 Å². The average Bonchev–Trinajstić information content (AvgIpc) is 2.61. The third-order valence-corrected chi connectivity index (χ3v) is 5.38. The van der Waals surface area contributed by atoms with E-state index in [2.05, 4.69) is 29.2 Å². The monoisotopic (exact) mass is 329 g/mol.